The quantitative estimate of drug-likeness (QED) is 0.455. The van der Waals surface area contributed by atoms with E-state index in [4.69, 9.17) is 11.1 Å². The molecule has 2 rings (SSSR count). The Balaban J connectivity index is 2.36. The fraction of sp³-hybridized carbons (Fsp3) is 0.222. The van der Waals surface area contributed by atoms with E-state index in [1.807, 2.05) is 18.2 Å². The van der Waals surface area contributed by atoms with Crippen LogP contribution >= 0.6 is 0 Å². The molecule has 0 aromatic heterocycles. The van der Waals surface area contributed by atoms with Gasteiger partial charge in [-0.05, 0) is 17.5 Å². The second kappa shape index (κ2) is 2.09. The Kier molecular flexibility index (Phi) is 1.22. The molecule has 1 atom stereocenters. The molecule has 2 nitrogen and oxygen atoms in total. The van der Waals surface area contributed by atoms with Gasteiger partial charge in [0, 0.05) is 5.92 Å². The summed E-state index contributed by atoms with van der Waals surface area (Å²) in [4.78, 5) is 0. The summed E-state index contributed by atoms with van der Waals surface area (Å²) >= 11 is 0. The van der Waals surface area contributed by atoms with Crippen LogP contribution < -0.4 is 5.73 Å². The molecule has 0 radical (unpaired) electrons. The van der Waals surface area contributed by atoms with Crippen molar-refractivity contribution in [1.82, 2.24) is 0 Å². The van der Waals surface area contributed by atoms with Gasteiger partial charge in [0.15, 0.2) is 0 Å². The normalized spacial score (nSPS) is 20.2. The standard InChI is InChI=1S/C9H10N2/c10-9(11)8-5-6-3-1-2-4-7(6)8/h1-4,8H,5H2,(H3,10,11). The van der Waals surface area contributed by atoms with Crippen LogP contribution in [-0.2, 0) is 6.42 Å². The van der Waals surface area contributed by atoms with Gasteiger partial charge in [-0.1, -0.05) is 24.3 Å². The van der Waals surface area contributed by atoms with Crippen LogP contribution in [0.25, 0.3) is 0 Å². The molecule has 0 heterocycles. The van der Waals surface area contributed by atoms with E-state index < -0.39 is 0 Å². The zero-order chi connectivity index (χ0) is 7.84. The lowest BCUT2D eigenvalue weighted by Gasteiger charge is -2.28. The van der Waals surface area contributed by atoms with E-state index in [9.17, 15) is 0 Å². The minimum atomic E-state index is 0.200. The molecule has 0 saturated heterocycles. The van der Waals surface area contributed by atoms with Crippen LogP contribution in [-0.4, -0.2) is 5.84 Å². The maximum atomic E-state index is 7.26. The van der Waals surface area contributed by atoms with Gasteiger partial charge in [0.2, 0.25) is 0 Å². The van der Waals surface area contributed by atoms with Crippen molar-refractivity contribution in [2.75, 3.05) is 0 Å². The molecule has 0 bridgehead atoms. The Morgan fingerprint density at radius 2 is 2.18 bits per heavy atom. The summed E-state index contributed by atoms with van der Waals surface area (Å²) in [6, 6.07) is 8.16. The molecule has 0 spiro atoms. The first-order valence-electron chi connectivity index (χ1n) is 3.71. The molecule has 0 fully saturated rings. The molecule has 1 aromatic carbocycles. The summed E-state index contributed by atoms with van der Waals surface area (Å²) in [6.07, 6.45) is 0.950. The second-order valence-electron chi connectivity index (χ2n) is 2.91. The average molecular weight is 146 g/mol. The van der Waals surface area contributed by atoms with Gasteiger partial charge in [0.25, 0.3) is 0 Å². The number of rotatable bonds is 1. The Labute approximate surface area is 65.5 Å². The number of benzene rings is 1. The highest BCUT2D eigenvalue weighted by Crippen LogP contribution is 2.34. The summed E-state index contributed by atoms with van der Waals surface area (Å²) in [6.45, 7) is 0. The van der Waals surface area contributed by atoms with Crippen molar-refractivity contribution in [3.8, 4) is 0 Å². The third-order valence-electron chi connectivity index (χ3n) is 2.23. The minimum absolute atomic E-state index is 0.200. The van der Waals surface area contributed by atoms with Crippen LogP contribution in [0.3, 0.4) is 0 Å². The Morgan fingerprint density at radius 3 is 2.82 bits per heavy atom. The Hall–Kier alpha value is -1.31. The van der Waals surface area contributed by atoms with E-state index in [-0.39, 0.29) is 5.92 Å². The second-order valence-corrected chi connectivity index (χ2v) is 2.91. The largest absolute Gasteiger partial charge is 0.387 e. The van der Waals surface area contributed by atoms with Crippen molar-refractivity contribution in [3.05, 3.63) is 35.4 Å². The van der Waals surface area contributed by atoms with Gasteiger partial charge >= 0.3 is 0 Å². The average Bonchev–Trinajstić information content (AvgIpc) is 1.90. The van der Waals surface area contributed by atoms with E-state index in [0.29, 0.717) is 5.84 Å². The summed E-state index contributed by atoms with van der Waals surface area (Å²) < 4.78 is 0. The lowest BCUT2D eigenvalue weighted by atomic mass is 9.77. The Morgan fingerprint density at radius 1 is 1.45 bits per heavy atom. The third kappa shape index (κ3) is 0.827. The molecule has 1 unspecified atom stereocenters. The number of nitrogens with one attached hydrogen (secondary N) is 1. The molecule has 1 aliphatic carbocycles. The zero-order valence-corrected chi connectivity index (χ0v) is 6.17. The lowest BCUT2D eigenvalue weighted by molar-refractivity contribution is 0.757. The number of hydrogen-bond acceptors (Lipinski definition) is 1. The van der Waals surface area contributed by atoms with E-state index in [0.717, 1.165) is 6.42 Å². The molecule has 0 aliphatic heterocycles. The SMILES string of the molecule is N=C(N)C1Cc2ccccc21. The highest BCUT2D eigenvalue weighted by atomic mass is 14.7. The first-order valence-corrected chi connectivity index (χ1v) is 3.71. The minimum Gasteiger partial charge on any atom is -0.387 e. The van der Waals surface area contributed by atoms with Crippen molar-refractivity contribution in [2.24, 2.45) is 5.73 Å². The van der Waals surface area contributed by atoms with E-state index in [1.54, 1.807) is 0 Å². The molecule has 0 amide bonds. The molecular formula is C9H10N2. The Bertz CT molecular complexity index is 304. The van der Waals surface area contributed by atoms with Gasteiger partial charge in [-0.15, -0.1) is 0 Å². The van der Waals surface area contributed by atoms with E-state index in [1.165, 1.54) is 11.1 Å². The van der Waals surface area contributed by atoms with Gasteiger partial charge in [-0.2, -0.15) is 0 Å². The first kappa shape index (κ1) is 6.40. The van der Waals surface area contributed by atoms with Crippen LogP contribution in [0.15, 0.2) is 24.3 Å². The van der Waals surface area contributed by atoms with Gasteiger partial charge in [0.1, 0.15) is 0 Å². The fourth-order valence-corrected chi connectivity index (χ4v) is 1.54. The highest BCUT2D eigenvalue weighted by Gasteiger charge is 2.27. The number of amidine groups is 1. The topological polar surface area (TPSA) is 49.9 Å². The van der Waals surface area contributed by atoms with Crippen LogP contribution in [0.4, 0.5) is 0 Å². The predicted octanol–water partition coefficient (Wildman–Crippen LogP) is 1.26. The summed E-state index contributed by atoms with van der Waals surface area (Å²) in [5.41, 5.74) is 7.97. The van der Waals surface area contributed by atoms with Gasteiger partial charge < -0.3 is 5.73 Å². The van der Waals surface area contributed by atoms with Crippen molar-refractivity contribution in [1.29, 1.82) is 5.41 Å². The summed E-state index contributed by atoms with van der Waals surface area (Å²) in [7, 11) is 0. The molecule has 0 saturated carbocycles. The first-order chi connectivity index (χ1) is 5.29. The lowest BCUT2D eigenvalue weighted by Crippen LogP contribution is -2.29. The molecule has 11 heavy (non-hydrogen) atoms. The van der Waals surface area contributed by atoms with Crippen LogP contribution in [0.1, 0.15) is 17.0 Å². The van der Waals surface area contributed by atoms with Crippen molar-refractivity contribution in [3.63, 3.8) is 0 Å². The summed E-state index contributed by atoms with van der Waals surface area (Å²) in [5, 5.41) is 7.26. The van der Waals surface area contributed by atoms with Crippen LogP contribution in [0.5, 0.6) is 0 Å². The molecule has 2 heteroatoms. The maximum absolute atomic E-state index is 7.26. The number of fused-ring (bicyclic) bond motifs is 1. The predicted molar refractivity (Wildman–Crippen MR) is 44.8 cm³/mol. The van der Waals surface area contributed by atoms with E-state index in [2.05, 4.69) is 6.07 Å². The smallest absolute Gasteiger partial charge is 0.0985 e. The summed E-state index contributed by atoms with van der Waals surface area (Å²) in [5.74, 6) is 0.495. The zero-order valence-electron chi connectivity index (χ0n) is 6.17. The van der Waals surface area contributed by atoms with Crippen molar-refractivity contribution >= 4 is 5.84 Å². The molecule has 3 N–H and O–H groups in total. The van der Waals surface area contributed by atoms with Crippen LogP contribution in [0.2, 0.25) is 0 Å². The fourth-order valence-electron chi connectivity index (χ4n) is 1.54. The monoisotopic (exact) mass is 146 g/mol. The molecule has 1 aliphatic rings. The van der Waals surface area contributed by atoms with Gasteiger partial charge in [0.05, 0.1) is 5.84 Å². The third-order valence-corrected chi connectivity index (χ3v) is 2.23. The number of nitrogens with two attached hydrogens (primary N) is 1. The van der Waals surface area contributed by atoms with Crippen LogP contribution in [0, 0.1) is 5.41 Å². The molecule has 56 valence electrons. The molecule has 1 aromatic rings. The van der Waals surface area contributed by atoms with Crippen molar-refractivity contribution in [2.45, 2.75) is 12.3 Å². The highest BCUT2D eigenvalue weighted by molar-refractivity contribution is 5.87. The maximum Gasteiger partial charge on any atom is 0.0985 e. The van der Waals surface area contributed by atoms with Gasteiger partial charge in [-0.25, -0.2) is 0 Å². The number of hydrogen-bond donors (Lipinski definition) is 2. The molecular weight excluding hydrogens is 136 g/mol. The van der Waals surface area contributed by atoms with Crippen molar-refractivity contribution < 1.29 is 0 Å². The van der Waals surface area contributed by atoms with E-state index >= 15 is 0 Å². The van der Waals surface area contributed by atoms with Gasteiger partial charge in [-0.3, -0.25) is 5.41 Å².